The highest BCUT2D eigenvalue weighted by Crippen LogP contribution is 2.32. The maximum absolute atomic E-state index is 12.5. The van der Waals surface area contributed by atoms with Crippen molar-refractivity contribution in [1.29, 1.82) is 0 Å². The monoisotopic (exact) mass is 382 g/mol. The summed E-state index contributed by atoms with van der Waals surface area (Å²) in [6, 6.07) is 17.0. The van der Waals surface area contributed by atoms with E-state index in [4.69, 9.17) is 4.74 Å². The lowest BCUT2D eigenvalue weighted by Gasteiger charge is -2.25. The molecule has 6 heteroatoms. The quantitative estimate of drug-likeness (QED) is 0.653. The predicted molar refractivity (Wildman–Crippen MR) is 108 cm³/mol. The Morgan fingerprint density at radius 2 is 1.86 bits per heavy atom. The molecule has 0 saturated carbocycles. The lowest BCUT2D eigenvalue weighted by molar-refractivity contribution is -0.119. The van der Waals surface area contributed by atoms with Gasteiger partial charge in [0, 0.05) is 36.5 Å². The molecule has 1 heterocycles. The molecule has 6 nitrogen and oxygen atoms in total. The van der Waals surface area contributed by atoms with Crippen molar-refractivity contribution in [2.24, 2.45) is 0 Å². The molecule has 0 bridgehead atoms. The van der Waals surface area contributed by atoms with Gasteiger partial charge in [-0.1, -0.05) is 36.4 Å². The number of benzene rings is 2. The van der Waals surface area contributed by atoms with Gasteiger partial charge in [0.05, 0.1) is 19.1 Å². The van der Waals surface area contributed by atoms with E-state index in [0.717, 1.165) is 23.4 Å². The summed E-state index contributed by atoms with van der Waals surface area (Å²) >= 11 is 0. The first-order valence-electron chi connectivity index (χ1n) is 9.65. The zero-order chi connectivity index (χ0) is 19.8. The molecule has 0 fully saturated rings. The van der Waals surface area contributed by atoms with E-state index in [-0.39, 0.29) is 31.1 Å². The summed E-state index contributed by atoms with van der Waals surface area (Å²) in [6.07, 6.45) is 1.88. The Hall–Kier alpha value is -2.70. The number of hydrogen-bond acceptors (Lipinski definition) is 4. The number of nitrogens with one attached hydrogen (secondary N) is 1. The van der Waals surface area contributed by atoms with Gasteiger partial charge in [0.2, 0.25) is 11.8 Å². The molecule has 2 aromatic carbocycles. The molecule has 3 rings (SSSR count). The lowest BCUT2D eigenvalue weighted by atomic mass is 10.00. The Morgan fingerprint density at radius 1 is 1.11 bits per heavy atom. The molecule has 0 saturated heterocycles. The summed E-state index contributed by atoms with van der Waals surface area (Å²) in [4.78, 5) is 26.0. The van der Waals surface area contributed by atoms with Gasteiger partial charge in [-0.3, -0.25) is 9.59 Å². The summed E-state index contributed by atoms with van der Waals surface area (Å²) in [5.41, 5.74) is 2.60. The number of aliphatic hydroxyl groups is 1. The highest BCUT2D eigenvalue weighted by molar-refractivity contribution is 5.94. The smallest absolute Gasteiger partial charge is 0.227 e. The van der Waals surface area contributed by atoms with Crippen LogP contribution >= 0.6 is 0 Å². The molecule has 0 aliphatic carbocycles. The second-order valence-corrected chi connectivity index (χ2v) is 6.76. The van der Waals surface area contributed by atoms with Gasteiger partial charge in [0.25, 0.3) is 0 Å². The third-order valence-electron chi connectivity index (χ3n) is 4.75. The summed E-state index contributed by atoms with van der Waals surface area (Å²) in [7, 11) is 0. The fourth-order valence-electron chi connectivity index (χ4n) is 3.36. The van der Waals surface area contributed by atoms with Gasteiger partial charge in [0.1, 0.15) is 0 Å². The molecule has 148 valence electrons. The number of carbonyl (C=O) groups excluding carboxylic acids is 2. The highest BCUT2D eigenvalue weighted by atomic mass is 16.5. The number of amides is 2. The van der Waals surface area contributed by atoms with E-state index in [1.807, 2.05) is 54.6 Å². The van der Waals surface area contributed by atoms with Crippen molar-refractivity contribution in [2.45, 2.75) is 31.8 Å². The zero-order valence-electron chi connectivity index (χ0n) is 15.8. The van der Waals surface area contributed by atoms with Crippen molar-refractivity contribution >= 4 is 23.2 Å². The van der Waals surface area contributed by atoms with E-state index < -0.39 is 0 Å². The second kappa shape index (κ2) is 10.0. The fraction of sp³-hybridized carbons (Fsp3) is 0.364. The van der Waals surface area contributed by atoms with Gasteiger partial charge in [-0.2, -0.15) is 0 Å². The SMILES string of the molecule is O=C1CC(OCCCCC(=O)N(CCO)c2ccccc2)c2ccccc2N1. The number of unbranched alkanes of at least 4 members (excludes halogenated alkanes) is 1. The average Bonchev–Trinajstić information content (AvgIpc) is 2.72. The minimum Gasteiger partial charge on any atom is -0.395 e. The van der Waals surface area contributed by atoms with Crippen LogP contribution < -0.4 is 10.2 Å². The van der Waals surface area contributed by atoms with Gasteiger partial charge in [-0.05, 0) is 31.0 Å². The van der Waals surface area contributed by atoms with Crippen LogP contribution in [0.2, 0.25) is 0 Å². The molecule has 1 aliphatic heterocycles. The van der Waals surface area contributed by atoms with E-state index >= 15 is 0 Å². The number of anilines is 2. The normalized spacial score (nSPS) is 15.6. The van der Waals surface area contributed by atoms with E-state index in [0.29, 0.717) is 25.9 Å². The molecule has 2 amide bonds. The van der Waals surface area contributed by atoms with Crippen LogP contribution in [0.1, 0.15) is 37.4 Å². The maximum atomic E-state index is 12.5. The topological polar surface area (TPSA) is 78.9 Å². The van der Waals surface area contributed by atoms with Crippen molar-refractivity contribution in [2.75, 3.05) is 30.0 Å². The number of fused-ring (bicyclic) bond motifs is 1. The Bertz CT molecular complexity index is 794. The zero-order valence-corrected chi connectivity index (χ0v) is 15.8. The largest absolute Gasteiger partial charge is 0.395 e. The summed E-state index contributed by atoms with van der Waals surface area (Å²) < 4.78 is 5.93. The number of nitrogens with zero attached hydrogens (tertiary/aromatic N) is 1. The number of rotatable bonds is 9. The molecule has 1 unspecified atom stereocenters. The molecular formula is C22H26N2O4. The Balaban J connectivity index is 1.45. The van der Waals surface area contributed by atoms with E-state index in [1.54, 1.807) is 4.90 Å². The molecule has 0 spiro atoms. The van der Waals surface area contributed by atoms with Gasteiger partial charge >= 0.3 is 0 Å². The first-order chi connectivity index (χ1) is 13.7. The van der Waals surface area contributed by atoms with Crippen LogP contribution in [0.15, 0.2) is 54.6 Å². The summed E-state index contributed by atoms with van der Waals surface area (Å²) in [6.45, 7) is 0.700. The molecular weight excluding hydrogens is 356 g/mol. The molecule has 1 aliphatic rings. The van der Waals surface area contributed by atoms with Crippen molar-refractivity contribution in [3.05, 3.63) is 60.2 Å². The molecule has 28 heavy (non-hydrogen) atoms. The third kappa shape index (κ3) is 5.18. The predicted octanol–water partition coefficient (Wildman–Crippen LogP) is 3.28. The number of carbonyl (C=O) groups is 2. The minimum absolute atomic E-state index is 0.0114. The second-order valence-electron chi connectivity index (χ2n) is 6.76. The summed E-state index contributed by atoms with van der Waals surface area (Å²) in [5, 5.41) is 12.1. The maximum Gasteiger partial charge on any atom is 0.227 e. The standard InChI is InChI=1S/C22H26N2O4/c25-14-13-24(17-8-2-1-3-9-17)22(27)12-6-7-15-28-20-16-21(26)23-19-11-5-4-10-18(19)20/h1-5,8-11,20,25H,6-7,12-16H2,(H,23,26). The molecule has 0 aromatic heterocycles. The lowest BCUT2D eigenvalue weighted by Crippen LogP contribution is -2.33. The van der Waals surface area contributed by atoms with Crippen molar-refractivity contribution in [1.82, 2.24) is 0 Å². The minimum atomic E-state index is -0.240. The number of ether oxygens (including phenoxy) is 1. The van der Waals surface area contributed by atoms with Gasteiger partial charge in [-0.15, -0.1) is 0 Å². The van der Waals surface area contributed by atoms with Gasteiger partial charge in [0.15, 0.2) is 0 Å². The van der Waals surface area contributed by atoms with Crippen molar-refractivity contribution < 1.29 is 19.4 Å². The average molecular weight is 382 g/mol. The molecule has 2 N–H and O–H groups in total. The summed E-state index contributed by atoms with van der Waals surface area (Å²) in [5.74, 6) is -0.0518. The Labute approximate surface area is 165 Å². The van der Waals surface area contributed by atoms with E-state index in [9.17, 15) is 14.7 Å². The highest BCUT2D eigenvalue weighted by Gasteiger charge is 2.25. The van der Waals surface area contributed by atoms with Crippen LogP contribution in [0.25, 0.3) is 0 Å². The number of hydrogen-bond donors (Lipinski definition) is 2. The Morgan fingerprint density at radius 3 is 2.64 bits per heavy atom. The van der Waals surface area contributed by atoms with E-state index in [1.165, 1.54) is 0 Å². The number of para-hydroxylation sites is 2. The Kier molecular flexibility index (Phi) is 7.17. The van der Waals surface area contributed by atoms with Crippen LogP contribution in [0.4, 0.5) is 11.4 Å². The fourth-order valence-corrected chi connectivity index (χ4v) is 3.36. The van der Waals surface area contributed by atoms with Crippen LogP contribution in [-0.2, 0) is 14.3 Å². The molecule has 2 aromatic rings. The van der Waals surface area contributed by atoms with Gasteiger partial charge < -0.3 is 20.1 Å². The van der Waals surface area contributed by atoms with Crippen LogP contribution in [0.3, 0.4) is 0 Å². The third-order valence-corrected chi connectivity index (χ3v) is 4.75. The molecule has 1 atom stereocenters. The molecule has 0 radical (unpaired) electrons. The van der Waals surface area contributed by atoms with E-state index in [2.05, 4.69) is 5.32 Å². The number of aliphatic hydroxyl groups excluding tert-OH is 1. The van der Waals surface area contributed by atoms with Crippen molar-refractivity contribution in [3.63, 3.8) is 0 Å². The van der Waals surface area contributed by atoms with Crippen LogP contribution in [0.5, 0.6) is 0 Å². The first kappa shape index (κ1) is 20.0. The first-order valence-corrected chi connectivity index (χ1v) is 9.65. The van der Waals surface area contributed by atoms with Crippen LogP contribution in [0, 0.1) is 0 Å². The van der Waals surface area contributed by atoms with Crippen molar-refractivity contribution in [3.8, 4) is 0 Å². The van der Waals surface area contributed by atoms with Gasteiger partial charge in [-0.25, -0.2) is 0 Å². The van der Waals surface area contributed by atoms with Crippen LogP contribution in [-0.4, -0.2) is 36.7 Å².